The fraction of sp³-hybridized carbons (Fsp3) is 1.00. The smallest absolute Gasteiger partial charge is 0.0269 e. The van der Waals surface area contributed by atoms with Crippen LogP contribution in [0.15, 0.2) is 0 Å². The Hall–Kier alpha value is 0. The molecule has 0 aromatic heterocycles. The van der Waals surface area contributed by atoms with Gasteiger partial charge in [0.2, 0.25) is 0 Å². The Morgan fingerprint density at radius 2 is 1.57 bits per heavy atom. The molecule has 0 bridgehead atoms. The number of rotatable bonds is 4. The zero-order valence-electron chi connectivity index (χ0n) is 10.6. The van der Waals surface area contributed by atoms with Gasteiger partial charge in [-0.3, -0.25) is 0 Å². The molecule has 2 atom stereocenters. The van der Waals surface area contributed by atoms with Gasteiger partial charge >= 0.3 is 0 Å². The quantitative estimate of drug-likeness (QED) is 0.591. The Morgan fingerprint density at radius 3 is 2.07 bits per heavy atom. The van der Waals surface area contributed by atoms with Crippen molar-refractivity contribution in [3.63, 3.8) is 0 Å². The number of hydrogen-bond donors (Lipinski definition) is 0. The van der Waals surface area contributed by atoms with Crippen molar-refractivity contribution in [2.45, 2.75) is 72.6 Å². The minimum atomic E-state index is 0.709. The lowest BCUT2D eigenvalue weighted by molar-refractivity contribution is 0.0530. The average Bonchev–Trinajstić information content (AvgIpc) is 2.13. The van der Waals surface area contributed by atoms with Crippen molar-refractivity contribution in [1.82, 2.24) is 0 Å². The summed E-state index contributed by atoms with van der Waals surface area (Å²) < 4.78 is 0. The third kappa shape index (κ3) is 2.52. The van der Waals surface area contributed by atoms with Gasteiger partial charge in [0.15, 0.2) is 0 Å². The molecule has 0 nitrogen and oxygen atoms in total. The fourth-order valence-corrected chi connectivity index (χ4v) is 3.66. The van der Waals surface area contributed by atoms with E-state index in [4.69, 9.17) is 0 Å². The third-order valence-electron chi connectivity index (χ3n) is 4.39. The maximum atomic E-state index is 2.50. The van der Waals surface area contributed by atoms with Crippen LogP contribution in [0.2, 0.25) is 0 Å². The van der Waals surface area contributed by atoms with Crippen molar-refractivity contribution in [1.29, 1.82) is 0 Å². The van der Waals surface area contributed by atoms with Crippen LogP contribution in [0.1, 0.15) is 72.6 Å². The molecular weight excluding hydrogens is 168 g/mol. The molecule has 0 spiro atoms. The molecule has 0 N–H and O–H groups in total. The second-order valence-corrected chi connectivity index (χ2v) is 5.65. The van der Waals surface area contributed by atoms with Crippen molar-refractivity contribution < 1.29 is 0 Å². The fourth-order valence-electron chi connectivity index (χ4n) is 3.66. The van der Waals surface area contributed by atoms with Crippen LogP contribution >= 0.6 is 0 Å². The van der Waals surface area contributed by atoms with Gasteiger partial charge in [0.05, 0.1) is 0 Å². The van der Waals surface area contributed by atoms with Gasteiger partial charge in [-0.2, -0.15) is 0 Å². The van der Waals surface area contributed by atoms with Crippen LogP contribution in [-0.4, -0.2) is 0 Å². The van der Waals surface area contributed by atoms with E-state index < -0.39 is 0 Å². The highest BCUT2D eigenvalue weighted by atomic mass is 14.4. The van der Waals surface area contributed by atoms with Gasteiger partial charge < -0.3 is 0 Å². The van der Waals surface area contributed by atoms with Crippen LogP contribution in [0.25, 0.3) is 0 Å². The molecule has 1 fully saturated rings. The van der Waals surface area contributed by atoms with E-state index in [1.807, 2.05) is 0 Å². The Bertz CT molecular complexity index is 153. The SMILES string of the molecule is CCCC1(CCC)CC(C)CCC1C. The standard InChI is InChI=1S/C14H28/c1-5-9-14(10-6-2)11-12(3)7-8-13(14)4/h12-13H,5-11H2,1-4H3. The number of hydrogen-bond acceptors (Lipinski definition) is 0. The second kappa shape index (κ2) is 5.19. The van der Waals surface area contributed by atoms with Crippen molar-refractivity contribution >= 4 is 0 Å². The molecule has 84 valence electrons. The predicted octanol–water partition coefficient (Wildman–Crippen LogP) is 5.03. The van der Waals surface area contributed by atoms with Crippen molar-refractivity contribution in [2.75, 3.05) is 0 Å². The summed E-state index contributed by atoms with van der Waals surface area (Å²) in [5.74, 6) is 1.95. The van der Waals surface area contributed by atoms with Crippen LogP contribution in [-0.2, 0) is 0 Å². The first kappa shape index (κ1) is 12.1. The Labute approximate surface area is 90.5 Å². The maximum Gasteiger partial charge on any atom is -0.0269 e. The molecule has 14 heavy (non-hydrogen) atoms. The topological polar surface area (TPSA) is 0 Å². The molecule has 2 unspecified atom stereocenters. The minimum absolute atomic E-state index is 0.709. The lowest BCUT2D eigenvalue weighted by atomic mass is 9.60. The van der Waals surface area contributed by atoms with Crippen LogP contribution < -0.4 is 0 Å². The summed E-state index contributed by atoms with van der Waals surface area (Å²) in [6.45, 7) is 9.65. The maximum absolute atomic E-state index is 2.50. The lowest BCUT2D eigenvalue weighted by Gasteiger charge is -2.45. The van der Waals surface area contributed by atoms with E-state index in [1.54, 1.807) is 0 Å². The molecule has 1 aliphatic carbocycles. The molecule has 0 saturated heterocycles. The monoisotopic (exact) mass is 196 g/mol. The normalized spacial score (nSPS) is 31.7. The van der Waals surface area contributed by atoms with Crippen molar-refractivity contribution in [3.8, 4) is 0 Å². The second-order valence-electron chi connectivity index (χ2n) is 5.65. The molecule has 1 aliphatic rings. The zero-order valence-corrected chi connectivity index (χ0v) is 10.6. The average molecular weight is 196 g/mol. The van der Waals surface area contributed by atoms with Gasteiger partial charge in [-0.15, -0.1) is 0 Å². The van der Waals surface area contributed by atoms with E-state index in [0.29, 0.717) is 5.41 Å². The summed E-state index contributed by atoms with van der Waals surface area (Å²) in [6, 6.07) is 0. The summed E-state index contributed by atoms with van der Waals surface area (Å²) in [7, 11) is 0. The summed E-state index contributed by atoms with van der Waals surface area (Å²) in [5, 5.41) is 0. The van der Waals surface area contributed by atoms with Gasteiger partial charge in [0, 0.05) is 0 Å². The van der Waals surface area contributed by atoms with Gasteiger partial charge in [-0.1, -0.05) is 47.0 Å². The van der Waals surface area contributed by atoms with Gasteiger partial charge in [0.1, 0.15) is 0 Å². The van der Waals surface area contributed by atoms with E-state index in [9.17, 15) is 0 Å². The first-order valence-electron chi connectivity index (χ1n) is 6.64. The Balaban J connectivity index is 2.69. The molecule has 0 amide bonds. The molecule has 0 aliphatic heterocycles. The highest BCUT2D eigenvalue weighted by Gasteiger charge is 2.38. The van der Waals surface area contributed by atoms with E-state index in [-0.39, 0.29) is 0 Å². The lowest BCUT2D eigenvalue weighted by Crippen LogP contribution is -2.35. The molecular formula is C14H28. The van der Waals surface area contributed by atoms with Gasteiger partial charge in [0.25, 0.3) is 0 Å². The highest BCUT2D eigenvalue weighted by molar-refractivity contribution is 4.89. The zero-order chi connectivity index (χ0) is 10.6. The summed E-state index contributed by atoms with van der Waals surface area (Å²) in [5.41, 5.74) is 0.709. The van der Waals surface area contributed by atoms with E-state index in [1.165, 1.54) is 44.9 Å². The predicted molar refractivity (Wildman–Crippen MR) is 64.4 cm³/mol. The third-order valence-corrected chi connectivity index (χ3v) is 4.39. The molecule has 0 aromatic rings. The molecule has 0 heteroatoms. The summed E-state index contributed by atoms with van der Waals surface area (Å²) in [6.07, 6.45) is 10.1. The summed E-state index contributed by atoms with van der Waals surface area (Å²) in [4.78, 5) is 0. The highest BCUT2D eigenvalue weighted by Crippen LogP contribution is 2.49. The molecule has 0 aromatic carbocycles. The van der Waals surface area contributed by atoms with E-state index in [2.05, 4.69) is 27.7 Å². The largest absolute Gasteiger partial charge is 0.0654 e. The summed E-state index contributed by atoms with van der Waals surface area (Å²) >= 11 is 0. The molecule has 0 heterocycles. The molecule has 0 radical (unpaired) electrons. The van der Waals surface area contributed by atoms with Crippen molar-refractivity contribution in [2.24, 2.45) is 17.3 Å². The minimum Gasteiger partial charge on any atom is -0.0654 e. The van der Waals surface area contributed by atoms with E-state index in [0.717, 1.165) is 11.8 Å². The van der Waals surface area contributed by atoms with Crippen LogP contribution in [0, 0.1) is 17.3 Å². The van der Waals surface area contributed by atoms with Crippen LogP contribution in [0.3, 0.4) is 0 Å². The Morgan fingerprint density at radius 1 is 1.00 bits per heavy atom. The Kier molecular flexibility index (Phi) is 4.47. The van der Waals surface area contributed by atoms with Crippen LogP contribution in [0.4, 0.5) is 0 Å². The first-order valence-corrected chi connectivity index (χ1v) is 6.64. The van der Waals surface area contributed by atoms with Crippen LogP contribution in [0.5, 0.6) is 0 Å². The first-order chi connectivity index (χ1) is 6.64. The van der Waals surface area contributed by atoms with Crippen molar-refractivity contribution in [3.05, 3.63) is 0 Å². The molecule has 1 rings (SSSR count). The molecule has 1 saturated carbocycles. The van der Waals surface area contributed by atoms with Gasteiger partial charge in [-0.05, 0) is 42.9 Å². The van der Waals surface area contributed by atoms with Gasteiger partial charge in [-0.25, -0.2) is 0 Å². The van der Waals surface area contributed by atoms with E-state index >= 15 is 0 Å².